The Kier molecular flexibility index (Phi) is 5.63. The molecule has 1 aromatic carbocycles. The lowest BCUT2D eigenvalue weighted by Crippen LogP contribution is -2.21. The van der Waals surface area contributed by atoms with Crippen LogP contribution in [0.25, 0.3) is 0 Å². The smallest absolute Gasteiger partial charge is 0.124 e. The summed E-state index contributed by atoms with van der Waals surface area (Å²) in [5, 5.41) is 3.37. The van der Waals surface area contributed by atoms with Gasteiger partial charge < -0.3 is 15.8 Å². The normalized spacial score (nSPS) is 14.3. The van der Waals surface area contributed by atoms with Crippen LogP contribution in [0.3, 0.4) is 0 Å². The van der Waals surface area contributed by atoms with E-state index in [0.29, 0.717) is 6.04 Å². The Balaban J connectivity index is 2.93. The summed E-state index contributed by atoms with van der Waals surface area (Å²) >= 11 is 0. The highest BCUT2D eigenvalue weighted by molar-refractivity contribution is 5.44. The van der Waals surface area contributed by atoms with E-state index in [0.717, 1.165) is 18.6 Å². The highest BCUT2D eigenvalue weighted by Gasteiger charge is 2.13. The van der Waals surface area contributed by atoms with Gasteiger partial charge in [-0.3, -0.25) is 0 Å². The van der Waals surface area contributed by atoms with Crippen LogP contribution in [0.5, 0.6) is 5.75 Å². The second-order valence-corrected chi connectivity index (χ2v) is 5.08. The summed E-state index contributed by atoms with van der Waals surface area (Å²) in [5.41, 5.74) is 9.52. The molecule has 0 saturated heterocycles. The molecule has 0 aliphatic heterocycles. The molecule has 3 heteroatoms. The molecule has 18 heavy (non-hydrogen) atoms. The summed E-state index contributed by atoms with van der Waals surface area (Å²) in [4.78, 5) is 0. The molecule has 0 heterocycles. The van der Waals surface area contributed by atoms with E-state index in [-0.39, 0.29) is 6.04 Å². The summed E-state index contributed by atoms with van der Waals surface area (Å²) in [7, 11) is 3.72. The average Bonchev–Trinajstić information content (AvgIpc) is 2.29. The van der Waals surface area contributed by atoms with E-state index in [1.165, 1.54) is 16.7 Å². The van der Waals surface area contributed by atoms with Gasteiger partial charge in [-0.15, -0.1) is 0 Å². The van der Waals surface area contributed by atoms with Gasteiger partial charge in [-0.05, 0) is 57.4 Å². The summed E-state index contributed by atoms with van der Waals surface area (Å²) in [6.45, 7) is 6.23. The number of methoxy groups -OCH3 is 1. The van der Waals surface area contributed by atoms with Crippen molar-refractivity contribution in [1.29, 1.82) is 0 Å². The second-order valence-electron chi connectivity index (χ2n) is 5.08. The van der Waals surface area contributed by atoms with Crippen LogP contribution in [0, 0.1) is 13.8 Å². The fourth-order valence-electron chi connectivity index (χ4n) is 2.41. The Morgan fingerprint density at radius 1 is 1.22 bits per heavy atom. The molecule has 0 aromatic heterocycles. The number of benzene rings is 1. The van der Waals surface area contributed by atoms with E-state index >= 15 is 0 Å². The third-order valence-corrected chi connectivity index (χ3v) is 3.35. The van der Waals surface area contributed by atoms with Crippen molar-refractivity contribution in [3.63, 3.8) is 0 Å². The maximum absolute atomic E-state index is 5.83. The monoisotopic (exact) mass is 250 g/mol. The van der Waals surface area contributed by atoms with Gasteiger partial charge in [0.05, 0.1) is 7.11 Å². The second kappa shape index (κ2) is 6.76. The Bertz CT molecular complexity index is 365. The van der Waals surface area contributed by atoms with E-state index in [4.69, 9.17) is 10.5 Å². The predicted molar refractivity (Wildman–Crippen MR) is 77.2 cm³/mol. The summed E-state index contributed by atoms with van der Waals surface area (Å²) < 4.78 is 5.40. The van der Waals surface area contributed by atoms with Gasteiger partial charge in [0.1, 0.15) is 5.75 Å². The molecular formula is C15H26N2O. The van der Waals surface area contributed by atoms with Crippen LogP contribution in [-0.2, 0) is 0 Å². The van der Waals surface area contributed by atoms with Crippen molar-refractivity contribution in [2.75, 3.05) is 14.2 Å². The lowest BCUT2D eigenvalue weighted by Gasteiger charge is -2.20. The van der Waals surface area contributed by atoms with Crippen LogP contribution >= 0.6 is 0 Å². The van der Waals surface area contributed by atoms with Gasteiger partial charge in [0, 0.05) is 12.1 Å². The molecule has 0 spiro atoms. The Labute approximate surface area is 111 Å². The molecule has 1 rings (SSSR count). The first-order chi connectivity index (χ1) is 8.49. The van der Waals surface area contributed by atoms with Crippen molar-refractivity contribution >= 4 is 0 Å². The quantitative estimate of drug-likeness (QED) is 0.816. The maximum Gasteiger partial charge on any atom is 0.124 e. The van der Waals surface area contributed by atoms with Crippen molar-refractivity contribution in [1.82, 2.24) is 5.32 Å². The SMILES string of the molecule is CNC(CCC(C)N)c1cc(C)c(OC)c(C)c1. The van der Waals surface area contributed by atoms with E-state index in [2.05, 4.69) is 38.2 Å². The lowest BCUT2D eigenvalue weighted by atomic mass is 9.96. The highest BCUT2D eigenvalue weighted by Crippen LogP contribution is 2.28. The summed E-state index contributed by atoms with van der Waals surface area (Å²) in [5.74, 6) is 0.987. The zero-order chi connectivity index (χ0) is 13.7. The molecule has 1 aromatic rings. The van der Waals surface area contributed by atoms with Crippen LogP contribution in [0.15, 0.2) is 12.1 Å². The molecule has 0 fully saturated rings. The molecule has 0 aliphatic carbocycles. The van der Waals surface area contributed by atoms with Crippen molar-refractivity contribution in [3.8, 4) is 5.75 Å². The molecule has 0 saturated carbocycles. The number of hydrogen-bond acceptors (Lipinski definition) is 3. The van der Waals surface area contributed by atoms with Crippen molar-refractivity contribution in [2.24, 2.45) is 5.73 Å². The highest BCUT2D eigenvalue weighted by atomic mass is 16.5. The Morgan fingerprint density at radius 3 is 2.17 bits per heavy atom. The van der Waals surface area contributed by atoms with Crippen molar-refractivity contribution in [3.05, 3.63) is 28.8 Å². The van der Waals surface area contributed by atoms with Gasteiger partial charge in [0.2, 0.25) is 0 Å². The minimum atomic E-state index is 0.251. The Hall–Kier alpha value is -1.06. The van der Waals surface area contributed by atoms with Gasteiger partial charge in [-0.1, -0.05) is 12.1 Å². The molecule has 2 atom stereocenters. The average molecular weight is 250 g/mol. The fraction of sp³-hybridized carbons (Fsp3) is 0.600. The van der Waals surface area contributed by atoms with Crippen LogP contribution in [0.2, 0.25) is 0 Å². The minimum Gasteiger partial charge on any atom is -0.496 e. The molecule has 0 amide bonds. The first kappa shape index (κ1) is 15.0. The van der Waals surface area contributed by atoms with Crippen LogP contribution in [-0.4, -0.2) is 20.2 Å². The van der Waals surface area contributed by atoms with E-state index in [9.17, 15) is 0 Å². The summed E-state index contributed by atoms with van der Waals surface area (Å²) in [6, 6.07) is 5.02. The minimum absolute atomic E-state index is 0.251. The molecule has 102 valence electrons. The number of aryl methyl sites for hydroxylation is 2. The van der Waals surface area contributed by atoms with Gasteiger partial charge in [0.25, 0.3) is 0 Å². The van der Waals surface area contributed by atoms with Gasteiger partial charge in [-0.2, -0.15) is 0 Å². The topological polar surface area (TPSA) is 47.3 Å². The van der Waals surface area contributed by atoms with Crippen LogP contribution in [0.1, 0.15) is 42.5 Å². The number of nitrogens with two attached hydrogens (primary N) is 1. The third kappa shape index (κ3) is 3.72. The molecule has 3 nitrogen and oxygen atoms in total. The third-order valence-electron chi connectivity index (χ3n) is 3.35. The standard InChI is InChI=1S/C15H26N2O/c1-10-8-13(9-11(2)15(10)18-5)14(17-4)7-6-12(3)16/h8-9,12,14,17H,6-7,16H2,1-5H3. The number of hydrogen-bond donors (Lipinski definition) is 2. The molecule has 0 aliphatic rings. The largest absolute Gasteiger partial charge is 0.496 e. The van der Waals surface area contributed by atoms with Gasteiger partial charge >= 0.3 is 0 Å². The van der Waals surface area contributed by atoms with E-state index < -0.39 is 0 Å². The Morgan fingerprint density at radius 2 is 1.78 bits per heavy atom. The van der Waals surface area contributed by atoms with Crippen LogP contribution < -0.4 is 15.8 Å². The molecule has 0 radical (unpaired) electrons. The molecule has 2 unspecified atom stereocenters. The first-order valence-corrected chi connectivity index (χ1v) is 6.57. The number of nitrogens with one attached hydrogen (secondary N) is 1. The molecular weight excluding hydrogens is 224 g/mol. The van der Waals surface area contributed by atoms with E-state index in [1.807, 2.05) is 7.05 Å². The first-order valence-electron chi connectivity index (χ1n) is 6.57. The predicted octanol–water partition coefficient (Wildman–Crippen LogP) is 2.70. The maximum atomic E-state index is 5.83. The number of ether oxygens (including phenoxy) is 1. The van der Waals surface area contributed by atoms with Gasteiger partial charge in [-0.25, -0.2) is 0 Å². The van der Waals surface area contributed by atoms with Crippen molar-refractivity contribution < 1.29 is 4.74 Å². The van der Waals surface area contributed by atoms with Gasteiger partial charge in [0.15, 0.2) is 0 Å². The lowest BCUT2D eigenvalue weighted by molar-refractivity contribution is 0.407. The van der Waals surface area contributed by atoms with Crippen LogP contribution in [0.4, 0.5) is 0 Å². The number of rotatable bonds is 6. The molecule has 0 bridgehead atoms. The zero-order valence-corrected chi connectivity index (χ0v) is 12.2. The summed E-state index contributed by atoms with van der Waals surface area (Å²) in [6.07, 6.45) is 2.08. The zero-order valence-electron chi connectivity index (χ0n) is 12.2. The van der Waals surface area contributed by atoms with Crippen molar-refractivity contribution in [2.45, 2.75) is 45.7 Å². The molecule has 3 N–H and O–H groups in total. The van der Waals surface area contributed by atoms with E-state index in [1.54, 1.807) is 7.11 Å². The fourth-order valence-corrected chi connectivity index (χ4v) is 2.41.